The SMILES string of the molecule is Cc1ncc(-c2ccc3cnc(NC(=O)C4CCN(CC5(C)CC5)CC4)cc3c2)n1C. The van der Waals surface area contributed by atoms with Gasteiger partial charge in [-0.3, -0.25) is 4.79 Å². The van der Waals surface area contributed by atoms with Crippen LogP contribution in [0, 0.1) is 18.3 Å². The highest BCUT2D eigenvalue weighted by molar-refractivity contribution is 5.95. The number of carbonyl (C=O) groups is 1. The molecule has 0 spiro atoms. The van der Waals surface area contributed by atoms with Crippen LogP contribution in [0.25, 0.3) is 22.0 Å². The number of hydrogen-bond donors (Lipinski definition) is 1. The molecule has 0 bridgehead atoms. The van der Waals surface area contributed by atoms with Gasteiger partial charge in [0, 0.05) is 36.7 Å². The van der Waals surface area contributed by atoms with Crippen molar-refractivity contribution in [3.8, 4) is 11.3 Å². The monoisotopic (exact) mass is 417 g/mol. The highest BCUT2D eigenvalue weighted by Crippen LogP contribution is 2.45. The van der Waals surface area contributed by atoms with Crippen LogP contribution in [0.1, 0.15) is 38.4 Å². The minimum Gasteiger partial charge on any atom is -0.331 e. The Morgan fingerprint density at radius 1 is 1.13 bits per heavy atom. The van der Waals surface area contributed by atoms with Crippen molar-refractivity contribution < 1.29 is 4.79 Å². The number of fused-ring (bicyclic) bond motifs is 1. The van der Waals surface area contributed by atoms with Gasteiger partial charge in [-0.15, -0.1) is 0 Å². The summed E-state index contributed by atoms with van der Waals surface area (Å²) in [5.41, 5.74) is 2.72. The van der Waals surface area contributed by atoms with Gasteiger partial charge in [-0.1, -0.05) is 19.1 Å². The van der Waals surface area contributed by atoms with Crippen LogP contribution in [0.4, 0.5) is 5.82 Å². The Morgan fingerprint density at radius 3 is 2.58 bits per heavy atom. The Hall–Kier alpha value is -2.73. The van der Waals surface area contributed by atoms with Crippen molar-refractivity contribution in [2.75, 3.05) is 25.0 Å². The Kier molecular flexibility index (Phi) is 5.05. The lowest BCUT2D eigenvalue weighted by molar-refractivity contribution is -0.121. The molecular weight excluding hydrogens is 386 g/mol. The first-order valence-electron chi connectivity index (χ1n) is 11.3. The highest BCUT2D eigenvalue weighted by Gasteiger charge is 2.39. The molecule has 2 fully saturated rings. The number of rotatable bonds is 5. The van der Waals surface area contributed by atoms with Crippen molar-refractivity contribution in [1.29, 1.82) is 0 Å². The lowest BCUT2D eigenvalue weighted by atomic mass is 9.95. The number of imidazole rings is 1. The summed E-state index contributed by atoms with van der Waals surface area (Å²) in [6.07, 6.45) is 8.30. The smallest absolute Gasteiger partial charge is 0.228 e. The summed E-state index contributed by atoms with van der Waals surface area (Å²) in [6.45, 7) is 7.60. The molecule has 0 radical (unpaired) electrons. The Morgan fingerprint density at radius 2 is 1.90 bits per heavy atom. The summed E-state index contributed by atoms with van der Waals surface area (Å²) in [5.74, 6) is 1.78. The summed E-state index contributed by atoms with van der Waals surface area (Å²) < 4.78 is 2.08. The Bertz CT molecular complexity index is 1120. The van der Waals surface area contributed by atoms with E-state index in [4.69, 9.17) is 0 Å². The molecular formula is C25H31N5O. The van der Waals surface area contributed by atoms with Gasteiger partial charge in [-0.25, -0.2) is 9.97 Å². The van der Waals surface area contributed by atoms with Crippen LogP contribution in [0.2, 0.25) is 0 Å². The molecule has 1 amide bonds. The second-order valence-electron chi connectivity index (χ2n) is 9.73. The van der Waals surface area contributed by atoms with Crippen LogP contribution < -0.4 is 5.32 Å². The maximum absolute atomic E-state index is 12.9. The number of pyridine rings is 1. The summed E-state index contributed by atoms with van der Waals surface area (Å²) in [6, 6.07) is 8.28. The van der Waals surface area contributed by atoms with Gasteiger partial charge in [0.05, 0.1) is 11.9 Å². The first-order chi connectivity index (χ1) is 14.9. The van der Waals surface area contributed by atoms with Gasteiger partial charge in [0.1, 0.15) is 11.6 Å². The van der Waals surface area contributed by atoms with Crippen molar-refractivity contribution in [3.63, 3.8) is 0 Å². The fourth-order valence-electron chi connectivity index (χ4n) is 4.63. The highest BCUT2D eigenvalue weighted by atomic mass is 16.1. The third-order valence-electron chi connectivity index (χ3n) is 7.16. The first-order valence-corrected chi connectivity index (χ1v) is 11.3. The van der Waals surface area contributed by atoms with Crippen LogP contribution in [0.15, 0.2) is 36.7 Å². The van der Waals surface area contributed by atoms with E-state index in [9.17, 15) is 4.79 Å². The zero-order valence-electron chi connectivity index (χ0n) is 18.7. The number of nitrogens with zero attached hydrogens (tertiary/aromatic N) is 4. The first kappa shape index (κ1) is 20.2. The second-order valence-corrected chi connectivity index (χ2v) is 9.73. The predicted octanol–water partition coefficient (Wildman–Crippen LogP) is 4.39. The van der Waals surface area contributed by atoms with Crippen molar-refractivity contribution in [1.82, 2.24) is 19.4 Å². The molecule has 3 aromatic rings. The van der Waals surface area contributed by atoms with Crippen LogP contribution >= 0.6 is 0 Å². The largest absolute Gasteiger partial charge is 0.331 e. The number of aromatic nitrogens is 3. The number of anilines is 1. The van der Waals surface area contributed by atoms with E-state index in [0.29, 0.717) is 11.2 Å². The zero-order valence-corrected chi connectivity index (χ0v) is 18.7. The van der Waals surface area contributed by atoms with E-state index in [-0.39, 0.29) is 11.8 Å². The van der Waals surface area contributed by atoms with Gasteiger partial charge in [-0.05, 0) is 68.6 Å². The van der Waals surface area contributed by atoms with Gasteiger partial charge in [-0.2, -0.15) is 0 Å². The van der Waals surface area contributed by atoms with Crippen molar-refractivity contribution in [2.24, 2.45) is 18.4 Å². The maximum atomic E-state index is 12.9. The molecule has 2 aromatic heterocycles. The molecule has 1 aromatic carbocycles. The van der Waals surface area contributed by atoms with Gasteiger partial charge >= 0.3 is 0 Å². The number of aryl methyl sites for hydroxylation is 1. The molecule has 3 heterocycles. The molecule has 0 unspecified atom stereocenters. The lowest BCUT2D eigenvalue weighted by Gasteiger charge is -2.33. The fraction of sp³-hybridized carbons (Fsp3) is 0.480. The summed E-state index contributed by atoms with van der Waals surface area (Å²) in [7, 11) is 2.02. The van der Waals surface area contributed by atoms with Crippen LogP contribution in [0.5, 0.6) is 0 Å². The van der Waals surface area contributed by atoms with Crippen LogP contribution in [-0.2, 0) is 11.8 Å². The second kappa shape index (κ2) is 7.75. The van der Waals surface area contributed by atoms with E-state index in [1.807, 2.05) is 32.4 Å². The standard InChI is InChI=1S/C25H31N5O/c1-17-26-15-22(29(17)3)19-4-5-20-14-27-23(13-21(20)12-19)28-24(31)18-6-10-30(11-7-18)16-25(2)8-9-25/h4-5,12-15,18H,6-11,16H2,1-3H3,(H,27,28,31). The van der Waals surface area contributed by atoms with Gasteiger partial charge in [0.2, 0.25) is 5.91 Å². The molecule has 6 nitrogen and oxygen atoms in total. The van der Waals surface area contributed by atoms with Gasteiger partial charge < -0.3 is 14.8 Å². The maximum Gasteiger partial charge on any atom is 0.228 e. The van der Waals surface area contributed by atoms with E-state index < -0.39 is 0 Å². The van der Waals surface area contributed by atoms with Gasteiger partial charge in [0.15, 0.2) is 0 Å². The average Bonchev–Trinajstić information content (AvgIpc) is 3.40. The van der Waals surface area contributed by atoms with E-state index in [1.54, 1.807) is 0 Å². The summed E-state index contributed by atoms with van der Waals surface area (Å²) in [4.78, 5) is 24.3. The van der Waals surface area contributed by atoms with Crippen molar-refractivity contribution in [3.05, 3.63) is 42.5 Å². The molecule has 5 rings (SSSR count). The fourth-order valence-corrected chi connectivity index (χ4v) is 4.63. The number of amides is 1. The third kappa shape index (κ3) is 4.22. The quantitative estimate of drug-likeness (QED) is 0.669. The van der Waals surface area contributed by atoms with E-state index in [0.717, 1.165) is 53.8 Å². The molecule has 162 valence electrons. The number of likely N-dealkylation sites (tertiary alicyclic amines) is 1. The average molecular weight is 418 g/mol. The zero-order chi connectivity index (χ0) is 21.6. The third-order valence-corrected chi connectivity index (χ3v) is 7.16. The van der Waals surface area contributed by atoms with Crippen LogP contribution in [0.3, 0.4) is 0 Å². The van der Waals surface area contributed by atoms with Gasteiger partial charge in [0.25, 0.3) is 0 Å². The molecule has 1 saturated heterocycles. The minimum absolute atomic E-state index is 0.0736. The van der Waals surface area contributed by atoms with Crippen molar-refractivity contribution in [2.45, 2.75) is 39.5 Å². The minimum atomic E-state index is 0.0736. The number of carbonyl (C=O) groups excluding carboxylic acids is 1. The normalized spacial score (nSPS) is 18.9. The Labute approximate surface area is 183 Å². The molecule has 1 aliphatic carbocycles. The van der Waals surface area contributed by atoms with E-state index >= 15 is 0 Å². The molecule has 6 heteroatoms. The summed E-state index contributed by atoms with van der Waals surface area (Å²) in [5, 5.41) is 5.19. The number of piperidine rings is 1. The van der Waals surface area contributed by atoms with E-state index in [1.165, 1.54) is 19.4 Å². The molecule has 1 N–H and O–H groups in total. The predicted molar refractivity (Wildman–Crippen MR) is 124 cm³/mol. The molecule has 1 saturated carbocycles. The molecule has 0 atom stereocenters. The number of hydrogen-bond acceptors (Lipinski definition) is 4. The van der Waals surface area contributed by atoms with E-state index in [2.05, 4.69) is 49.9 Å². The molecule has 2 aliphatic rings. The number of nitrogens with one attached hydrogen (secondary N) is 1. The topological polar surface area (TPSA) is 63.1 Å². The Balaban J connectivity index is 1.27. The molecule has 1 aliphatic heterocycles. The molecule has 31 heavy (non-hydrogen) atoms. The van der Waals surface area contributed by atoms with Crippen molar-refractivity contribution >= 4 is 22.5 Å². The summed E-state index contributed by atoms with van der Waals surface area (Å²) >= 11 is 0. The van der Waals surface area contributed by atoms with Crippen LogP contribution in [-0.4, -0.2) is 45.0 Å². The lowest BCUT2D eigenvalue weighted by Crippen LogP contribution is -2.40. The number of benzene rings is 1.